The Morgan fingerprint density at radius 2 is 2.33 bits per heavy atom. The number of carbonyl (C=O) groups is 1. The second kappa shape index (κ2) is 7.79. The highest BCUT2D eigenvalue weighted by atomic mass is 35.5. The summed E-state index contributed by atoms with van der Waals surface area (Å²) < 4.78 is 5.44. The van der Waals surface area contributed by atoms with Gasteiger partial charge in [0.15, 0.2) is 0 Å². The number of hydrogen-bond donors (Lipinski definition) is 3. The van der Waals surface area contributed by atoms with Crippen molar-refractivity contribution in [2.45, 2.75) is 19.1 Å². The molecule has 116 valence electrons. The fraction of sp³-hybridized carbons (Fsp3) is 0.538. The van der Waals surface area contributed by atoms with Crippen LogP contribution in [-0.4, -0.2) is 49.3 Å². The highest BCUT2D eigenvalue weighted by Gasteiger charge is 2.27. The van der Waals surface area contributed by atoms with E-state index in [2.05, 4.69) is 20.9 Å². The van der Waals surface area contributed by atoms with Gasteiger partial charge in [0, 0.05) is 25.8 Å². The zero-order valence-corrected chi connectivity index (χ0v) is 13.2. The molecular weight excluding hydrogens is 315 g/mol. The molecule has 0 spiro atoms. The topological polar surface area (TPSA) is 75.3 Å². The third-order valence-electron chi connectivity index (χ3n) is 3.12. The normalized spacial score (nSPS) is 21.9. The van der Waals surface area contributed by atoms with Gasteiger partial charge in [-0.25, -0.2) is 4.98 Å². The van der Waals surface area contributed by atoms with E-state index in [0.717, 1.165) is 0 Å². The van der Waals surface area contributed by atoms with Crippen LogP contribution in [0.4, 0.5) is 5.82 Å². The van der Waals surface area contributed by atoms with Gasteiger partial charge in [-0.3, -0.25) is 4.79 Å². The van der Waals surface area contributed by atoms with Gasteiger partial charge in [0.1, 0.15) is 11.9 Å². The van der Waals surface area contributed by atoms with E-state index < -0.39 is 0 Å². The quantitative estimate of drug-likeness (QED) is 0.708. The number of halogens is 2. The Labute approximate surface area is 133 Å². The molecular formula is C13H18Cl2N4O2. The number of rotatable bonds is 5. The van der Waals surface area contributed by atoms with Crippen LogP contribution in [-0.2, 0) is 9.53 Å². The van der Waals surface area contributed by atoms with Crippen molar-refractivity contribution in [3.8, 4) is 0 Å². The number of carbonyl (C=O) groups excluding carboxylic acids is 1. The van der Waals surface area contributed by atoms with Crippen LogP contribution >= 0.6 is 23.2 Å². The van der Waals surface area contributed by atoms with Gasteiger partial charge in [-0.2, -0.15) is 0 Å². The minimum absolute atomic E-state index is 0.0702. The first kappa shape index (κ1) is 16.3. The largest absolute Gasteiger partial charge is 0.375 e. The van der Waals surface area contributed by atoms with E-state index in [1.54, 1.807) is 6.07 Å². The van der Waals surface area contributed by atoms with Crippen molar-refractivity contribution in [2.24, 2.45) is 0 Å². The van der Waals surface area contributed by atoms with E-state index in [4.69, 9.17) is 27.9 Å². The molecule has 1 fully saturated rings. The maximum Gasteiger partial charge on any atom is 0.239 e. The molecule has 2 rings (SSSR count). The molecule has 2 heterocycles. The molecule has 3 N–H and O–H groups in total. The van der Waals surface area contributed by atoms with Crippen LogP contribution in [0.2, 0.25) is 10.0 Å². The Balaban J connectivity index is 1.73. The molecule has 0 aromatic carbocycles. The number of nitrogens with zero attached hydrogens (tertiary/aromatic N) is 1. The smallest absolute Gasteiger partial charge is 0.239 e. The van der Waals surface area contributed by atoms with Gasteiger partial charge in [0.05, 0.1) is 22.8 Å². The van der Waals surface area contributed by atoms with E-state index in [-0.39, 0.29) is 18.1 Å². The van der Waals surface area contributed by atoms with Crippen molar-refractivity contribution >= 4 is 34.9 Å². The SMILES string of the molecule is C[C@H]1OCCN[C@@H]1C(=O)NCCNc1ncc(Cl)cc1Cl. The standard InChI is InChI=1S/C13H18Cl2N4O2/c1-8-11(16-4-5-21-8)13(20)18-3-2-17-12-10(15)6-9(14)7-19-12/h6-8,11,16H,2-5H2,1H3,(H,17,19)(H,18,20)/t8-,11+/m1/s1. The van der Waals surface area contributed by atoms with Crippen LogP contribution in [0.15, 0.2) is 12.3 Å². The van der Waals surface area contributed by atoms with E-state index >= 15 is 0 Å². The van der Waals surface area contributed by atoms with E-state index in [1.165, 1.54) is 6.20 Å². The highest BCUT2D eigenvalue weighted by molar-refractivity contribution is 6.35. The molecule has 0 radical (unpaired) electrons. The number of morpholine rings is 1. The van der Waals surface area contributed by atoms with E-state index in [9.17, 15) is 4.79 Å². The molecule has 0 aliphatic carbocycles. The van der Waals surface area contributed by atoms with Gasteiger partial charge in [-0.1, -0.05) is 23.2 Å². The summed E-state index contributed by atoms with van der Waals surface area (Å²) in [5, 5.41) is 9.95. The number of pyridine rings is 1. The average molecular weight is 333 g/mol. The van der Waals surface area contributed by atoms with Crippen LogP contribution in [0.5, 0.6) is 0 Å². The van der Waals surface area contributed by atoms with E-state index in [1.807, 2.05) is 6.92 Å². The molecule has 2 atom stereocenters. The summed E-state index contributed by atoms with van der Waals surface area (Å²) in [4.78, 5) is 16.1. The summed E-state index contributed by atoms with van der Waals surface area (Å²) in [6, 6.07) is 1.30. The van der Waals surface area contributed by atoms with Crippen molar-refractivity contribution in [1.29, 1.82) is 0 Å². The van der Waals surface area contributed by atoms with Crippen LogP contribution in [0.3, 0.4) is 0 Å². The van der Waals surface area contributed by atoms with Crippen LogP contribution in [0, 0.1) is 0 Å². The number of ether oxygens (including phenoxy) is 1. The third kappa shape index (κ3) is 4.71. The molecule has 21 heavy (non-hydrogen) atoms. The van der Waals surface area contributed by atoms with Crippen molar-refractivity contribution < 1.29 is 9.53 Å². The summed E-state index contributed by atoms with van der Waals surface area (Å²) in [7, 11) is 0. The number of anilines is 1. The molecule has 8 heteroatoms. The average Bonchev–Trinajstić information content (AvgIpc) is 2.45. The minimum atomic E-state index is -0.309. The van der Waals surface area contributed by atoms with E-state index in [0.29, 0.717) is 42.1 Å². The van der Waals surface area contributed by atoms with Gasteiger partial charge < -0.3 is 20.7 Å². The lowest BCUT2D eigenvalue weighted by molar-refractivity contribution is -0.128. The molecule has 1 aromatic heterocycles. The first-order valence-electron chi connectivity index (χ1n) is 6.75. The Bertz CT molecular complexity index is 501. The molecule has 1 aliphatic rings. The Morgan fingerprint density at radius 1 is 1.52 bits per heavy atom. The molecule has 0 bridgehead atoms. The molecule has 1 saturated heterocycles. The molecule has 1 aromatic rings. The second-order valence-corrected chi connectivity index (χ2v) is 5.55. The van der Waals surface area contributed by atoms with Crippen molar-refractivity contribution in [3.05, 3.63) is 22.3 Å². The summed E-state index contributed by atoms with van der Waals surface area (Å²) in [5.41, 5.74) is 0. The Kier molecular flexibility index (Phi) is 6.05. The zero-order chi connectivity index (χ0) is 15.2. The first-order valence-corrected chi connectivity index (χ1v) is 7.51. The highest BCUT2D eigenvalue weighted by Crippen LogP contribution is 2.21. The summed E-state index contributed by atoms with van der Waals surface area (Å²) in [6.45, 7) is 4.18. The lowest BCUT2D eigenvalue weighted by Crippen LogP contribution is -2.55. The second-order valence-electron chi connectivity index (χ2n) is 4.71. The maximum absolute atomic E-state index is 12.0. The van der Waals surface area contributed by atoms with Crippen molar-refractivity contribution in [1.82, 2.24) is 15.6 Å². The van der Waals surface area contributed by atoms with Crippen LogP contribution in [0.25, 0.3) is 0 Å². The lowest BCUT2D eigenvalue weighted by atomic mass is 10.1. The Hall–Kier alpha value is -1.08. The van der Waals surface area contributed by atoms with Crippen LogP contribution < -0.4 is 16.0 Å². The number of nitrogens with one attached hydrogen (secondary N) is 3. The predicted octanol–water partition coefficient (Wildman–Crippen LogP) is 1.29. The molecule has 6 nitrogen and oxygen atoms in total. The van der Waals surface area contributed by atoms with Crippen LogP contribution in [0.1, 0.15) is 6.92 Å². The van der Waals surface area contributed by atoms with Crippen molar-refractivity contribution in [3.63, 3.8) is 0 Å². The first-order chi connectivity index (χ1) is 10.1. The van der Waals surface area contributed by atoms with Gasteiger partial charge >= 0.3 is 0 Å². The fourth-order valence-electron chi connectivity index (χ4n) is 2.05. The number of aromatic nitrogens is 1. The third-order valence-corrected chi connectivity index (χ3v) is 3.62. The van der Waals surface area contributed by atoms with Gasteiger partial charge in [-0.05, 0) is 13.0 Å². The molecule has 1 amide bonds. The van der Waals surface area contributed by atoms with Gasteiger partial charge in [-0.15, -0.1) is 0 Å². The molecule has 0 saturated carbocycles. The number of hydrogen-bond acceptors (Lipinski definition) is 5. The number of amides is 1. The monoisotopic (exact) mass is 332 g/mol. The predicted molar refractivity (Wildman–Crippen MR) is 83.0 cm³/mol. The zero-order valence-electron chi connectivity index (χ0n) is 11.7. The molecule has 0 unspecified atom stereocenters. The lowest BCUT2D eigenvalue weighted by Gasteiger charge is -2.29. The summed E-state index contributed by atoms with van der Waals surface area (Å²) >= 11 is 11.8. The van der Waals surface area contributed by atoms with Crippen molar-refractivity contribution in [2.75, 3.05) is 31.6 Å². The fourth-order valence-corrected chi connectivity index (χ4v) is 2.50. The Morgan fingerprint density at radius 3 is 3.05 bits per heavy atom. The van der Waals surface area contributed by atoms with Gasteiger partial charge in [0.2, 0.25) is 5.91 Å². The summed E-state index contributed by atoms with van der Waals surface area (Å²) in [6.07, 6.45) is 1.39. The molecule has 1 aliphatic heterocycles. The maximum atomic E-state index is 12.0. The summed E-state index contributed by atoms with van der Waals surface area (Å²) in [5.74, 6) is 0.474. The minimum Gasteiger partial charge on any atom is -0.375 e. The van der Waals surface area contributed by atoms with Gasteiger partial charge in [0.25, 0.3) is 0 Å².